The van der Waals surface area contributed by atoms with E-state index in [0.717, 1.165) is 25.8 Å². The number of amides is 1. The molecule has 7 heteroatoms. The normalized spacial score (nSPS) is 11.0. The van der Waals surface area contributed by atoms with Gasteiger partial charge in [-0.05, 0) is 53.8 Å². The fraction of sp³-hybridized carbons (Fsp3) is 0.136. The second-order valence-corrected chi connectivity index (χ2v) is 9.28. The molecule has 2 heterocycles. The van der Waals surface area contributed by atoms with Crippen LogP contribution < -0.4 is 4.90 Å². The van der Waals surface area contributed by atoms with Gasteiger partial charge in [0.05, 0.1) is 23.2 Å². The summed E-state index contributed by atoms with van der Waals surface area (Å²) in [5, 5.41) is 0.702. The first-order valence-corrected chi connectivity index (χ1v) is 11.8. The lowest BCUT2D eigenvalue weighted by atomic mass is 10.1. The van der Waals surface area contributed by atoms with Crippen LogP contribution in [0.4, 0.5) is 5.13 Å². The maximum Gasteiger partial charge on any atom is 0.233 e. The van der Waals surface area contributed by atoms with Crippen LogP contribution in [0.15, 0.2) is 76.4 Å². The average Bonchev–Trinajstić information content (AvgIpc) is 3.16. The number of fused-ring (bicyclic) bond motifs is 1. The molecule has 0 unspecified atom stereocenters. The number of hydrogen-bond acceptors (Lipinski definition) is 5. The average molecular weight is 484 g/mol. The molecule has 2 aromatic carbocycles. The smallest absolute Gasteiger partial charge is 0.233 e. The third-order valence-corrected chi connectivity index (χ3v) is 6.73. The van der Waals surface area contributed by atoms with E-state index in [-0.39, 0.29) is 5.91 Å². The number of halogens is 1. The molecule has 4 rings (SSSR count). The Hall–Kier alpha value is -2.22. The lowest BCUT2D eigenvalue weighted by Gasteiger charge is -2.20. The van der Waals surface area contributed by atoms with Crippen LogP contribution >= 0.6 is 39.0 Å². The highest BCUT2D eigenvalue weighted by molar-refractivity contribution is 9.10. The summed E-state index contributed by atoms with van der Waals surface area (Å²) in [5.74, 6) is 0.0175. The molecule has 4 nitrogen and oxygen atoms in total. The van der Waals surface area contributed by atoms with E-state index in [2.05, 4.69) is 20.9 Å². The van der Waals surface area contributed by atoms with Crippen LogP contribution in [-0.4, -0.2) is 22.1 Å². The molecule has 0 radical (unpaired) electrons. The van der Waals surface area contributed by atoms with Gasteiger partial charge in [-0.15, -0.1) is 11.8 Å². The van der Waals surface area contributed by atoms with Crippen molar-refractivity contribution in [2.75, 3.05) is 11.2 Å². The van der Waals surface area contributed by atoms with E-state index in [9.17, 15) is 4.79 Å². The minimum atomic E-state index is 0.0175. The molecule has 0 bridgehead atoms. The number of benzene rings is 2. The van der Waals surface area contributed by atoms with E-state index >= 15 is 0 Å². The summed E-state index contributed by atoms with van der Waals surface area (Å²) in [7, 11) is 0. The number of aromatic nitrogens is 2. The van der Waals surface area contributed by atoms with Gasteiger partial charge in [0, 0.05) is 21.8 Å². The van der Waals surface area contributed by atoms with Crippen molar-refractivity contribution in [2.24, 2.45) is 0 Å². The molecule has 0 atom stereocenters. The SMILES string of the molecule is CSc1ccc(CC(=O)N(Cc2cccnc2)c2nc3ccc(Br)cc3s2)cc1. The van der Waals surface area contributed by atoms with Crippen molar-refractivity contribution in [3.63, 3.8) is 0 Å². The van der Waals surface area contributed by atoms with Gasteiger partial charge in [0.15, 0.2) is 5.13 Å². The zero-order chi connectivity index (χ0) is 20.2. The fourth-order valence-corrected chi connectivity index (χ4v) is 4.89. The fourth-order valence-electron chi connectivity index (χ4n) is 2.95. The van der Waals surface area contributed by atoms with Gasteiger partial charge in [0.25, 0.3) is 0 Å². The first kappa shape index (κ1) is 20.1. The van der Waals surface area contributed by atoms with Crippen LogP contribution in [0.1, 0.15) is 11.1 Å². The van der Waals surface area contributed by atoms with Crippen molar-refractivity contribution in [1.82, 2.24) is 9.97 Å². The van der Waals surface area contributed by atoms with E-state index in [4.69, 9.17) is 4.98 Å². The molecule has 0 fully saturated rings. The quantitative estimate of drug-likeness (QED) is 0.317. The Morgan fingerprint density at radius 1 is 1.14 bits per heavy atom. The highest BCUT2D eigenvalue weighted by atomic mass is 79.9. The summed E-state index contributed by atoms with van der Waals surface area (Å²) < 4.78 is 2.04. The molecule has 1 amide bonds. The van der Waals surface area contributed by atoms with Crippen LogP contribution in [-0.2, 0) is 17.8 Å². The molecule has 0 saturated heterocycles. The monoisotopic (exact) mass is 483 g/mol. The van der Waals surface area contributed by atoms with Gasteiger partial charge < -0.3 is 0 Å². The zero-order valence-electron chi connectivity index (χ0n) is 15.7. The van der Waals surface area contributed by atoms with E-state index in [1.54, 1.807) is 29.1 Å². The summed E-state index contributed by atoms with van der Waals surface area (Å²) >= 11 is 6.72. The summed E-state index contributed by atoms with van der Waals surface area (Å²) in [5.41, 5.74) is 2.85. The predicted molar refractivity (Wildman–Crippen MR) is 125 cm³/mol. The molecule has 0 saturated carbocycles. The van der Waals surface area contributed by atoms with Crippen molar-refractivity contribution < 1.29 is 4.79 Å². The molecule has 0 aliphatic heterocycles. The lowest BCUT2D eigenvalue weighted by molar-refractivity contribution is -0.118. The number of anilines is 1. The van der Waals surface area contributed by atoms with E-state index in [1.807, 2.05) is 60.9 Å². The Labute approximate surface area is 186 Å². The van der Waals surface area contributed by atoms with Gasteiger partial charge in [-0.2, -0.15) is 0 Å². The Morgan fingerprint density at radius 2 is 1.97 bits per heavy atom. The van der Waals surface area contributed by atoms with Crippen molar-refractivity contribution in [3.8, 4) is 0 Å². The van der Waals surface area contributed by atoms with Crippen molar-refractivity contribution >= 4 is 60.3 Å². The summed E-state index contributed by atoms with van der Waals surface area (Å²) in [6.45, 7) is 0.441. The lowest BCUT2D eigenvalue weighted by Crippen LogP contribution is -2.31. The van der Waals surface area contributed by atoms with Crippen LogP contribution in [0, 0.1) is 0 Å². The van der Waals surface area contributed by atoms with Gasteiger partial charge in [-0.1, -0.05) is 45.5 Å². The molecule has 4 aromatic rings. The molecule has 0 spiro atoms. The Balaban J connectivity index is 1.65. The van der Waals surface area contributed by atoms with Crippen molar-refractivity contribution in [3.05, 3.63) is 82.6 Å². The zero-order valence-corrected chi connectivity index (χ0v) is 18.9. The Bertz CT molecular complexity index is 1130. The number of thioether (sulfide) groups is 1. The van der Waals surface area contributed by atoms with Crippen LogP contribution in [0.5, 0.6) is 0 Å². The molecule has 0 aliphatic carbocycles. The highest BCUT2D eigenvalue weighted by Gasteiger charge is 2.21. The topological polar surface area (TPSA) is 46.1 Å². The molecular formula is C22H18BrN3OS2. The maximum absolute atomic E-state index is 13.3. The van der Waals surface area contributed by atoms with Crippen LogP contribution in [0.3, 0.4) is 0 Å². The minimum Gasteiger partial charge on any atom is -0.283 e. The molecular weight excluding hydrogens is 466 g/mol. The summed E-state index contributed by atoms with van der Waals surface area (Å²) in [6.07, 6.45) is 5.89. The van der Waals surface area contributed by atoms with Crippen molar-refractivity contribution in [2.45, 2.75) is 17.9 Å². The third kappa shape index (κ3) is 4.86. The second kappa shape index (κ2) is 9.07. The minimum absolute atomic E-state index is 0.0175. The van der Waals surface area contributed by atoms with E-state index in [1.165, 1.54) is 16.2 Å². The van der Waals surface area contributed by atoms with Gasteiger partial charge in [0.2, 0.25) is 5.91 Å². The van der Waals surface area contributed by atoms with Gasteiger partial charge >= 0.3 is 0 Å². The maximum atomic E-state index is 13.3. The van der Waals surface area contributed by atoms with Gasteiger partial charge in [0.1, 0.15) is 0 Å². The first-order chi connectivity index (χ1) is 14.1. The van der Waals surface area contributed by atoms with E-state index in [0.29, 0.717) is 18.1 Å². The number of rotatable bonds is 6. The Kier molecular flexibility index (Phi) is 6.28. The number of hydrogen-bond donors (Lipinski definition) is 0. The summed E-state index contributed by atoms with van der Waals surface area (Å²) in [4.78, 5) is 25.1. The third-order valence-electron chi connectivity index (χ3n) is 4.45. The van der Waals surface area contributed by atoms with E-state index < -0.39 is 0 Å². The standard InChI is InChI=1S/C22H18BrN3OS2/c1-28-18-7-4-15(5-8-18)11-21(27)26(14-16-3-2-10-24-13-16)22-25-19-9-6-17(23)12-20(19)29-22/h2-10,12-13H,11,14H2,1H3. The number of thiazole rings is 1. The Morgan fingerprint density at radius 3 is 2.69 bits per heavy atom. The predicted octanol–water partition coefficient (Wildman–Crippen LogP) is 5.95. The highest BCUT2D eigenvalue weighted by Crippen LogP contribution is 2.32. The largest absolute Gasteiger partial charge is 0.283 e. The molecule has 146 valence electrons. The summed E-state index contributed by atoms with van der Waals surface area (Å²) in [6, 6.07) is 18.0. The number of pyridine rings is 1. The number of carbonyl (C=O) groups is 1. The molecule has 0 aliphatic rings. The second-order valence-electron chi connectivity index (χ2n) is 6.47. The number of nitrogens with zero attached hydrogens (tertiary/aromatic N) is 3. The van der Waals surface area contributed by atoms with Gasteiger partial charge in [-0.25, -0.2) is 4.98 Å². The molecule has 0 N–H and O–H groups in total. The van der Waals surface area contributed by atoms with Crippen LogP contribution in [0.25, 0.3) is 10.2 Å². The van der Waals surface area contributed by atoms with Crippen molar-refractivity contribution in [1.29, 1.82) is 0 Å². The molecule has 2 aromatic heterocycles. The number of carbonyl (C=O) groups excluding carboxylic acids is 1. The van der Waals surface area contributed by atoms with Crippen LogP contribution in [0.2, 0.25) is 0 Å². The first-order valence-electron chi connectivity index (χ1n) is 9.00. The molecule has 29 heavy (non-hydrogen) atoms. The van der Waals surface area contributed by atoms with Gasteiger partial charge in [-0.3, -0.25) is 14.7 Å².